The van der Waals surface area contributed by atoms with Crippen molar-refractivity contribution in [3.8, 4) is 0 Å². The summed E-state index contributed by atoms with van der Waals surface area (Å²) in [4.78, 5) is 12.5. The van der Waals surface area contributed by atoms with Crippen molar-refractivity contribution in [1.82, 2.24) is 15.0 Å². The number of nitrogens with zero attached hydrogens (tertiary/aromatic N) is 3. The van der Waals surface area contributed by atoms with E-state index in [1.807, 2.05) is 18.3 Å². The molecule has 1 atom stereocenters. The summed E-state index contributed by atoms with van der Waals surface area (Å²) in [6, 6.07) is 6.08. The maximum absolute atomic E-state index is 4.44. The van der Waals surface area contributed by atoms with Gasteiger partial charge in [-0.25, -0.2) is 9.97 Å². The highest BCUT2D eigenvalue weighted by Crippen LogP contribution is 2.21. The maximum Gasteiger partial charge on any atom is 0.129 e. The molecule has 0 unspecified atom stereocenters. The molecule has 2 aromatic heterocycles. The second-order valence-electron chi connectivity index (χ2n) is 3.91. The van der Waals surface area contributed by atoms with Crippen LogP contribution in [0, 0.1) is 6.92 Å². The van der Waals surface area contributed by atoms with E-state index < -0.39 is 0 Å². The van der Waals surface area contributed by atoms with Gasteiger partial charge in [0.25, 0.3) is 0 Å². The van der Waals surface area contributed by atoms with Crippen LogP contribution in [0.4, 0.5) is 5.82 Å². The van der Waals surface area contributed by atoms with E-state index in [0.29, 0.717) is 0 Å². The predicted molar refractivity (Wildman–Crippen MR) is 67.7 cm³/mol. The number of rotatable bonds is 4. The lowest BCUT2D eigenvalue weighted by Crippen LogP contribution is -2.13. The van der Waals surface area contributed by atoms with Gasteiger partial charge in [0, 0.05) is 12.4 Å². The van der Waals surface area contributed by atoms with Crippen LogP contribution < -0.4 is 5.32 Å². The summed E-state index contributed by atoms with van der Waals surface area (Å²) < 4.78 is 0. The van der Waals surface area contributed by atoms with E-state index in [4.69, 9.17) is 0 Å². The highest BCUT2D eigenvalue weighted by molar-refractivity contribution is 5.36. The lowest BCUT2D eigenvalue weighted by molar-refractivity contribution is 0.712. The Morgan fingerprint density at radius 2 is 2.12 bits per heavy atom. The van der Waals surface area contributed by atoms with Crippen molar-refractivity contribution in [3.63, 3.8) is 0 Å². The number of aromatic nitrogens is 3. The van der Waals surface area contributed by atoms with Crippen molar-refractivity contribution in [3.05, 3.63) is 48.2 Å². The molecule has 2 heterocycles. The summed E-state index contributed by atoms with van der Waals surface area (Å²) in [6.45, 7) is 4.21. The molecule has 0 aliphatic heterocycles. The topological polar surface area (TPSA) is 50.7 Å². The zero-order valence-corrected chi connectivity index (χ0v) is 10.1. The van der Waals surface area contributed by atoms with Crippen molar-refractivity contribution in [2.45, 2.75) is 26.3 Å². The molecule has 4 heteroatoms. The molecule has 0 fully saturated rings. The largest absolute Gasteiger partial charge is 0.362 e. The van der Waals surface area contributed by atoms with E-state index in [2.05, 4.69) is 40.2 Å². The summed E-state index contributed by atoms with van der Waals surface area (Å²) in [5, 5.41) is 3.37. The molecule has 0 aromatic carbocycles. The van der Waals surface area contributed by atoms with Crippen LogP contribution >= 0.6 is 0 Å². The summed E-state index contributed by atoms with van der Waals surface area (Å²) in [5.74, 6) is 0.830. The van der Waals surface area contributed by atoms with Crippen molar-refractivity contribution in [2.75, 3.05) is 5.32 Å². The van der Waals surface area contributed by atoms with Crippen molar-refractivity contribution >= 4 is 5.82 Å². The Labute approximate surface area is 101 Å². The average Bonchev–Trinajstić information content (AvgIpc) is 2.38. The first-order chi connectivity index (χ1) is 8.31. The molecule has 2 rings (SSSR count). The molecule has 0 bridgehead atoms. The fourth-order valence-electron chi connectivity index (χ4n) is 1.78. The molecule has 0 saturated carbocycles. The molecule has 0 radical (unpaired) electrons. The highest BCUT2D eigenvalue weighted by atomic mass is 15.0. The number of aryl methyl sites for hydroxylation is 1. The van der Waals surface area contributed by atoms with Gasteiger partial charge < -0.3 is 5.32 Å². The van der Waals surface area contributed by atoms with Crippen molar-refractivity contribution < 1.29 is 0 Å². The van der Waals surface area contributed by atoms with Crippen LogP contribution in [-0.2, 0) is 0 Å². The second-order valence-corrected chi connectivity index (χ2v) is 3.91. The molecular formula is C13H16N4. The summed E-state index contributed by atoms with van der Waals surface area (Å²) in [5.41, 5.74) is 2.27. The first-order valence-electron chi connectivity index (χ1n) is 5.75. The van der Waals surface area contributed by atoms with Gasteiger partial charge in [-0.3, -0.25) is 4.98 Å². The molecular weight excluding hydrogens is 212 g/mol. The summed E-state index contributed by atoms with van der Waals surface area (Å²) in [7, 11) is 0. The molecule has 88 valence electrons. The standard InChI is InChI=1S/C13H16N4/c1-3-11(13-10(2)5-4-7-15-13)17-12-6-8-14-9-16-12/h4-9,11H,3H2,1-2H3,(H,14,16,17)/t11-/m1/s1. The van der Waals surface area contributed by atoms with E-state index in [0.717, 1.165) is 17.9 Å². The van der Waals surface area contributed by atoms with Crippen molar-refractivity contribution in [1.29, 1.82) is 0 Å². The molecule has 4 nitrogen and oxygen atoms in total. The zero-order chi connectivity index (χ0) is 12.1. The lowest BCUT2D eigenvalue weighted by Gasteiger charge is -2.18. The van der Waals surface area contributed by atoms with E-state index >= 15 is 0 Å². The normalized spacial score (nSPS) is 12.1. The Balaban J connectivity index is 2.21. The highest BCUT2D eigenvalue weighted by Gasteiger charge is 2.12. The molecule has 1 N–H and O–H groups in total. The minimum atomic E-state index is 0.186. The van der Waals surface area contributed by atoms with E-state index in [1.54, 1.807) is 12.5 Å². The Hall–Kier alpha value is -1.97. The van der Waals surface area contributed by atoms with Gasteiger partial charge >= 0.3 is 0 Å². The number of nitrogens with one attached hydrogen (secondary N) is 1. The smallest absolute Gasteiger partial charge is 0.129 e. The molecule has 17 heavy (non-hydrogen) atoms. The Morgan fingerprint density at radius 3 is 2.76 bits per heavy atom. The average molecular weight is 228 g/mol. The van der Waals surface area contributed by atoms with Gasteiger partial charge in [0.1, 0.15) is 12.1 Å². The fourth-order valence-corrected chi connectivity index (χ4v) is 1.78. The number of hydrogen-bond donors (Lipinski definition) is 1. The lowest BCUT2D eigenvalue weighted by atomic mass is 10.1. The molecule has 0 saturated heterocycles. The predicted octanol–water partition coefficient (Wildman–Crippen LogP) is 2.74. The molecule has 0 spiro atoms. The molecule has 0 aliphatic rings. The van der Waals surface area contributed by atoms with Gasteiger partial charge in [-0.2, -0.15) is 0 Å². The fraction of sp³-hybridized carbons (Fsp3) is 0.308. The molecule has 0 amide bonds. The van der Waals surface area contributed by atoms with Gasteiger partial charge in [-0.15, -0.1) is 0 Å². The maximum atomic E-state index is 4.44. The number of hydrogen-bond acceptors (Lipinski definition) is 4. The van der Waals surface area contributed by atoms with Gasteiger partial charge in [0.2, 0.25) is 0 Å². The van der Waals surface area contributed by atoms with Gasteiger partial charge in [-0.1, -0.05) is 13.0 Å². The summed E-state index contributed by atoms with van der Waals surface area (Å²) >= 11 is 0. The van der Waals surface area contributed by atoms with Crippen LogP contribution in [0.3, 0.4) is 0 Å². The third-order valence-corrected chi connectivity index (χ3v) is 2.69. The minimum Gasteiger partial charge on any atom is -0.362 e. The third-order valence-electron chi connectivity index (χ3n) is 2.69. The Bertz CT molecular complexity index is 470. The van der Waals surface area contributed by atoms with Crippen molar-refractivity contribution in [2.24, 2.45) is 0 Å². The second kappa shape index (κ2) is 5.39. The first-order valence-corrected chi connectivity index (χ1v) is 5.75. The molecule has 0 aliphatic carbocycles. The SMILES string of the molecule is CC[C@@H](Nc1ccncn1)c1ncccc1C. The van der Waals surface area contributed by atoms with E-state index in [-0.39, 0.29) is 6.04 Å². The van der Waals surface area contributed by atoms with Gasteiger partial charge in [-0.05, 0) is 31.0 Å². The van der Waals surface area contributed by atoms with Crippen LogP contribution in [-0.4, -0.2) is 15.0 Å². The summed E-state index contributed by atoms with van der Waals surface area (Å²) in [6.07, 6.45) is 6.06. The monoisotopic (exact) mass is 228 g/mol. The Morgan fingerprint density at radius 1 is 1.24 bits per heavy atom. The van der Waals surface area contributed by atoms with Crippen LogP contribution in [0.25, 0.3) is 0 Å². The Kier molecular flexibility index (Phi) is 3.65. The van der Waals surface area contributed by atoms with Gasteiger partial charge in [0.05, 0.1) is 11.7 Å². The van der Waals surface area contributed by atoms with Crippen LogP contribution in [0.5, 0.6) is 0 Å². The molecule has 2 aromatic rings. The number of pyridine rings is 1. The number of anilines is 1. The quantitative estimate of drug-likeness (QED) is 0.874. The zero-order valence-electron chi connectivity index (χ0n) is 10.1. The van der Waals surface area contributed by atoms with E-state index in [1.165, 1.54) is 5.56 Å². The minimum absolute atomic E-state index is 0.186. The van der Waals surface area contributed by atoms with Crippen LogP contribution in [0.2, 0.25) is 0 Å². The van der Waals surface area contributed by atoms with Crippen LogP contribution in [0.15, 0.2) is 36.9 Å². The first kappa shape index (κ1) is 11.5. The van der Waals surface area contributed by atoms with Gasteiger partial charge in [0.15, 0.2) is 0 Å². The van der Waals surface area contributed by atoms with E-state index in [9.17, 15) is 0 Å². The third kappa shape index (κ3) is 2.78. The van der Waals surface area contributed by atoms with Crippen LogP contribution in [0.1, 0.15) is 30.6 Å².